The second-order valence-corrected chi connectivity index (χ2v) is 7.69. The van der Waals surface area contributed by atoms with Gasteiger partial charge in [-0.25, -0.2) is 4.98 Å². The van der Waals surface area contributed by atoms with Gasteiger partial charge in [-0.1, -0.05) is 30.0 Å². The highest BCUT2D eigenvalue weighted by Gasteiger charge is 2.12. The SMILES string of the molecule is Cc1ccccc1-n1nnnc1SCc1csc(-c2ccsc2)n1. The number of thiophene rings is 1. The second kappa shape index (κ2) is 6.84. The molecule has 8 heteroatoms. The van der Waals surface area contributed by atoms with E-state index in [1.54, 1.807) is 39.1 Å². The Balaban J connectivity index is 1.52. The van der Waals surface area contributed by atoms with E-state index < -0.39 is 0 Å². The summed E-state index contributed by atoms with van der Waals surface area (Å²) in [6.45, 7) is 2.05. The smallest absolute Gasteiger partial charge is 0.214 e. The highest BCUT2D eigenvalue weighted by atomic mass is 32.2. The van der Waals surface area contributed by atoms with Crippen molar-refractivity contribution in [3.8, 4) is 16.3 Å². The van der Waals surface area contributed by atoms with Crippen LogP contribution in [-0.4, -0.2) is 25.2 Å². The summed E-state index contributed by atoms with van der Waals surface area (Å²) in [5, 5.41) is 20.2. The van der Waals surface area contributed by atoms with Crippen molar-refractivity contribution < 1.29 is 0 Å². The van der Waals surface area contributed by atoms with E-state index in [4.69, 9.17) is 4.98 Å². The number of aryl methyl sites for hydroxylation is 1. The molecule has 0 atom stereocenters. The lowest BCUT2D eigenvalue weighted by atomic mass is 10.2. The zero-order valence-corrected chi connectivity index (χ0v) is 15.2. The fourth-order valence-electron chi connectivity index (χ4n) is 2.25. The summed E-state index contributed by atoms with van der Waals surface area (Å²) in [5.41, 5.74) is 4.37. The first-order valence-electron chi connectivity index (χ1n) is 7.25. The van der Waals surface area contributed by atoms with Crippen LogP contribution in [-0.2, 0) is 5.75 Å². The largest absolute Gasteiger partial charge is 0.240 e. The van der Waals surface area contributed by atoms with Crippen LogP contribution < -0.4 is 0 Å². The summed E-state index contributed by atoms with van der Waals surface area (Å²) in [4.78, 5) is 4.70. The molecule has 0 bridgehead atoms. The number of hydrogen-bond donors (Lipinski definition) is 0. The van der Waals surface area contributed by atoms with Crippen molar-refractivity contribution in [2.45, 2.75) is 17.8 Å². The van der Waals surface area contributed by atoms with E-state index in [1.807, 2.05) is 18.2 Å². The van der Waals surface area contributed by atoms with Gasteiger partial charge in [0.25, 0.3) is 0 Å². The third-order valence-electron chi connectivity index (χ3n) is 3.45. The van der Waals surface area contributed by atoms with Gasteiger partial charge in [0.15, 0.2) is 0 Å². The maximum absolute atomic E-state index is 4.70. The Kier molecular flexibility index (Phi) is 4.42. The summed E-state index contributed by atoms with van der Waals surface area (Å²) >= 11 is 4.95. The maximum Gasteiger partial charge on any atom is 0.214 e. The molecule has 0 aliphatic carbocycles. The standard InChI is InChI=1S/C16H13N5S3/c1-11-4-2-3-5-14(11)21-16(18-19-20-21)24-10-13-9-23-15(17-13)12-6-7-22-8-12/h2-9H,10H2,1H3. The van der Waals surface area contributed by atoms with Gasteiger partial charge in [0.2, 0.25) is 5.16 Å². The lowest BCUT2D eigenvalue weighted by molar-refractivity contribution is 0.752. The van der Waals surface area contributed by atoms with Gasteiger partial charge < -0.3 is 0 Å². The molecule has 3 aromatic heterocycles. The normalized spacial score (nSPS) is 11.0. The van der Waals surface area contributed by atoms with Gasteiger partial charge in [-0.2, -0.15) is 16.0 Å². The van der Waals surface area contributed by atoms with Gasteiger partial charge in [0, 0.05) is 22.1 Å². The van der Waals surface area contributed by atoms with Crippen LogP contribution in [0.15, 0.2) is 51.6 Å². The predicted octanol–water partition coefficient (Wildman–Crippen LogP) is 4.45. The molecule has 0 unspecified atom stereocenters. The molecule has 24 heavy (non-hydrogen) atoms. The predicted molar refractivity (Wildman–Crippen MR) is 98.9 cm³/mol. The van der Waals surface area contributed by atoms with E-state index in [-0.39, 0.29) is 0 Å². The Hall–Kier alpha value is -2.03. The van der Waals surface area contributed by atoms with Crippen molar-refractivity contribution in [3.05, 3.63) is 57.7 Å². The van der Waals surface area contributed by atoms with Gasteiger partial charge >= 0.3 is 0 Å². The van der Waals surface area contributed by atoms with Crippen molar-refractivity contribution >= 4 is 34.4 Å². The van der Waals surface area contributed by atoms with Gasteiger partial charge in [0.05, 0.1) is 11.4 Å². The Labute approximate surface area is 151 Å². The molecular weight excluding hydrogens is 358 g/mol. The molecule has 120 valence electrons. The molecule has 0 fully saturated rings. The van der Waals surface area contributed by atoms with Gasteiger partial charge in [0.1, 0.15) is 5.01 Å². The van der Waals surface area contributed by atoms with E-state index in [2.05, 4.69) is 50.7 Å². The molecule has 0 amide bonds. The van der Waals surface area contributed by atoms with Gasteiger partial charge in [-0.3, -0.25) is 0 Å². The Morgan fingerprint density at radius 3 is 2.92 bits per heavy atom. The lowest BCUT2D eigenvalue weighted by Crippen LogP contribution is -2.01. The number of para-hydroxylation sites is 1. The van der Waals surface area contributed by atoms with E-state index in [1.165, 1.54) is 5.56 Å². The van der Waals surface area contributed by atoms with Crippen LogP contribution in [0.3, 0.4) is 0 Å². The quantitative estimate of drug-likeness (QED) is 0.485. The molecule has 0 spiro atoms. The Bertz CT molecular complexity index is 942. The third kappa shape index (κ3) is 3.12. The number of nitrogens with zero attached hydrogens (tertiary/aromatic N) is 5. The van der Waals surface area contributed by atoms with Crippen LogP contribution in [0.5, 0.6) is 0 Å². The minimum Gasteiger partial charge on any atom is -0.240 e. The molecule has 5 nitrogen and oxygen atoms in total. The van der Waals surface area contributed by atoms with E-state index in [0.717, 1.165) is 32.9 Å². The fraction of sp³-hybridized carbons (Fsp3) is 0.125. The molecule has 0 aliphatic heterocycles. The summed E-state index contributed by atoms with van der Waals surface area (Å²) in [6.07, 6.45) is 0. The molecule has 4 aromatic rings. The average molecular weight is 372 g/mol. The monoisotopic (exact) mass is 371 g/mol. The molecule has 0 saturated carbocycles. The number of tetrazole rings is 1. The second-order valence-electron chi connectivity index (χ2n) is 5.10. The molecule has 0 N–H and O–H groups in total. The van der Waals surface area contributed by atoms with Gasteiger partial charge in [-0.15, -0.1) is 16.4 Å². The van der Waals surface area contributed by atoms with E-state index in [9.17, 15) is 0 Å². The topological polar surface area (TPSA) is 56.5 Å². The van der Waals surface area contributed by atoms with Crippen LogP contribution in [0.25, 0.3) is 16.3 Å². The molecule has 3 heterocycles. The van der Waals surface area contributed by atoms with Crippen molar-refractivity contribution in [3.63, 3.8) is 0 Å². The highest BCUT2D eigenvalue weighted by molar-refractivity contribution is 7.98. The summed E-state index contributed by atoms with van der Waals surface area (Å²) in [5.74, 6) is 0.743. The zero-order valence-electron chi connectivity index (χ0n) is 12.8. The van der Waals surface area contributed by atoms with Crippen molar-refractivity contribution in [2.24, 2.45) is 0 Å². The lowest BCUT2D eigenvalue weighted by Gasteiger charge is -2.06. The van der Waals surface area contributed by atoms with Crippen molar-refractivity contribution in [2.75, 3.05) is 0 Å². The molecular formula is C16H13N5S3. The molecule has 0 radical (unpaired) electrons. The van der Waals surface area contributed by atoms with Crippen LogP contribution in [0.4, 0.5) is 0 Å². The number of thioether (sulfide) groups is 1. The third-order valence-corrected chi connectivity index (χ3v) is 6.03. The highest BCUT2D eigenvalue weighted by Crippen LogP contribution is 2.29. The summed E-state index contributed by atoms with van der Waals surface area (Å²) in [6, 6.07) is 10.2. The molecule has 0 aliphatic rings. The first kappa shape index (κ1) is 15.5. The number of benzene rings is 1. The van der Waals surface area contributed by atoms with Crippen molar-refractivity contribution in [1.29, 1.82) is 0 Å². The van der Waals surface area contributed by atoms with Crippen LogP contribution in [0, 0.1) is 6.92 Å². The molecule has 1 aromatic carbocycles. The molecule has 4 rings (SSSR count). The number of aromatic nitrogens is 5. The number of rotatable bonds is 5. The van der Waals surface area contributed by atoms with Crippen LogP contribution in [0.2, 0.25) is 0 Å². The first-order chi connectivity index (χ1) is 11.8. The zero-order chi connectivity index (χ0) is 16.4. The minimum atomic E-state index is 0.743. The Morgan fingerprint density at radius 2 is 2.08 bits per heavy atom. The average Bonchev–Trinajstić information content (AvgIpc) is 3.34. The Morgan fingerprint density at radius 1 is 1.17 bits per heavy atom. The maximum atomic E-state index is 4.70. The van der Waals surface area contributed by atoms with E-state index >= 15 is 0 Å². The summed E-state index contributed by atoms with van der Waals surface area (Å²) in [7, 11) is 0. The number of hydrogen-bond acceptors (Lipinski definition) is 7. The number of thiazole rings is 1. The van der Waals surface area contributed by atoms with Crippen LogP contribution in [0.1, 0.15) is 11.3 Å². The minimum absolute atomic E-state index is 0.743. The van der Waals surface area contributed by atoms with Gasteiger partial charge in [-0.05, 0) is 40.4 Å². The van der Waals surface area contributed by atoms with Crippen molar-refractivity contribution in [1.82, 2.24) is 25.2 Å². The first-order valence-corrected chi connectivity index (χ1v) is 10.1. The molecule has 0 saturated heterocycles. The van der Waals surface area contributed by atoms with Crippen LogP contribution >= 0.6 is 34.4 Å². The van der Waals surface area contributed by atoms with E-state index in [0.29, 0.717) is 0 Å². The fourth-order valence-corrected chi connectivity index (χ4v) is 4.67. The summed E-state index contributed by atoms with van der Waals surface area (Å²) < 4.78 is 1.78.